The molecule has 0 saturated carbocycles. The number of anilines is 2. The summed E-state index contributed by atoms with van der Waals surface area (Å²) >= 11 is 0. The molecule has 9 nitrogen and oxygen atoms in total. The van der Waals surface area contributed by atoms with Gasteiger partial charge in [-0.3, -0.25) is 9.20 Å². The third-order valence-electron chi connectivity index (χ3n) is 6.91. The van der Waals surface area contributed by atoms with E-state index in [0.29, 0.717) is 37.6 Å². The fourth-order valence-corrected chi connectivity index (χ4v) is 4.85. The van der Waals surface area contributed by atoms with E-state index in [1.165, 1.54) is 16.5 Å². The summed E-state index contributed by atoms with van der Waals surface area (Å²) in [6.07, 6.45) is 1.22. The molecule has 43 heavy (non-hydrogen) atoms. The Labute approximate surface area is 246 Å². The molecule has 3 heterocycles. The molecule has 1 aliphatic rings. The SMILES string of the molecule is Cc1nc2c(OCc3c(F)cccc3F)cccn2c1C(=O)Nc1ccc(N2CCN(C(=O)OC(C)(C)C)CC2)c(F)c1. The second-order valence-corrected chi connectivity index (χ2v) is 11.2. The van der Waals surface area contributed by atoms with Gasteiger partial charge in [0, 0.05) is 38.1 Å². The van der Waals surface area contributed by atoms with Crippen molar-refractivity contribution in [1.82, 2.24) is 14.3 Å². The van der Waals surface area contributed by atoms with Crippen molar-refractivity contribution in [2.24, 2.45) is 0 Å². The highest BCUT2D eigenvalue weighted by molar-refractivity contribution is 6.04. The van der Waals surface area contributed by atoms with E-state index in [1.807, 2.05) is 4.90 Å². The molecule has 0 bridgehead atoms. The van der Waals surface area contributed by atoms with Crippen LogP contribution in [0.25, 0.3) is 5.65 Å². The molecule has 0 radical (unpaired) electrons. The first-order valence-corrected chi connectivity index (χ1v) is 13.8. The number of nitrogens with one attached hydrogen (secondary N) is 1. The highest BCUT2D eigenvalue weighted by Crippen LogP contribution is 2.27. The van der Waals surface area contributed by atoms with Crippen molar-refractivity contribution in [3.8, 4) is 5.75 Å². The fourth-order valence-electron chi connectivity index (χ4n) is 4.85. The zero-order valence-corrected chi connectivity index (χ0v) is 24.3. The summed E-state index contributed by atoms with van der Waals surface area (Å²) in [7, 11) is 0. The molecule has 0 atom stereocenters. The number of aryl methyl sites for hydroxylation is 1. The maximum atomic E-state index is 15.2. The maximum Gasteiger partial charge on any atom is 0.410 e. The number of hydrogen-bond donors (Lipinski definition) is 1. The lowest BCUT2D eigenvalue weighted by molar-refractivity contribution is 0.0240. The van der Waals surface area contributed by atoms with Crippen molar-refractivity contribution < 1.29 is 32.2 Å². The number of carbonyl (C=O) groups excluding carboxylic acids is 2. The number of piperazine rings is 1. The van der Waals surface area contributed by atoms with Gasteiger partial charge in [0.1, 0.15) is 35.4 Å². The molecule has 4 aromatic rings. The molecule has 226 valence electrons. The molecule has 2 aromatic carbocycles. The Kier molecular flexibility index (Phi) is 8.21. The van der Waals surface area contributed by atoms with Crippen LogP contribution < -0.4 is 15.0 Å². The van der Waals surface area contributed by atoms with Gasteiger partial charge in [-0.2, -0.15) is 0 Å². The third kappa shape index (κ3) is 6.52. The van der Waals surface area contributed by atoms with Gasteiger partial charge in [-0.1, -0.05) is 6.07 Å². The smallest absolute Gasteiger partial charge is 0.410 e. The van der Waals surface area contributed by atoms with Crippen molar-refractivity contribution in [3.05, 3.63) is 89.1 Å². The summed E-state index contributed by atoms with van der Waals surface area (Å²) in [5.41, 5.74) is 0.652. The van der Waals surface area contributed by atoms with E-state index < -0.39 is 35.1 Å². The van der Waals surface area contributed by atoms with Gasteiger partial charge in [0.25, 0.3) is 5.91 Å². The van der Waals surface area contributed by atoms with Crippen LogP contribution in [0.2, 0.25) is 0 Å². The van der Waals surface area contributed by atoms with Crippen molar-refractivity contribution >= 4 is 29.0 Å². The number of amides is 2. The Morgan fingerprint density at radius 1 is 0.953 bits per heavy atom. The zero-order chi connectivity index (χ0) is 30.9. The van der Waals surface area contributed by atoms with E-state index in [0.717, 1.165) is 12.1 Å². The molecule has 0 spiro atoms. The molecular formula is C31H32F3N5O4. The minimum atomic E-state index is -0.729. The molecule has 5 rings (SSSR count). The van der Waals surface area contributed by atoms with Gasteiger partial charge in [0.05, 0.1) is 16.9 Å². The molecule has 12 heteroatoms. The maximum absolute atomic E-state index is 15.2. The Bertz CT molecular complexity index is 1660. The molecule has 1 saturated heterocycles. The van der Waals surface area contributed by atoms with Crippen LogP contribution in [-0.4, -0.2) is 58.1 Å². The van der Waals surface area contributed by atoms with Crippen molar-refractivity contribution in [2.45, 2.75) is 39.9 Å². The van der Waals surface area contributed by atoms with E-state index >= 15 is 4.39 Å². The molecule has 0 unspecified atom stereocenters. The Morgan fingerprint density at radius 3 is 2.30 bits per heavy atom. The summed E-state index contributed by atoms with van der Waals surface area (Å²) < 4.78 is 55.9. The number of benzene rings is 2. The lowest BCUT2D eigenvalue weighted by Gasteiger charge is -2.36. The van der Waals surface area contributed by atoms with Crippen LogP contribution in [0.15, 0.2) is 54.7 Å². The molecule has 1 N–H and O–H groups in total. The Hall–Kier alpha value is -4.74. The average Bonchev–Trinajstić information content (AvgIpc) is 3.28. The highest BCUT2D eigenvalue weighted by Gasteiger charge is 2.27. The first kappa shape index (κ1) is 29.7. The van der Waals surface area contributed by atoms with Crippen LogP contribution in [-0.2, 0) is 11.3 Å². The summed E-state index contributed by atoms with van der Waals surface area (Å²) in [5, 5.41) is 2.72. The molecule has 1 aliphatic heterocycles. The molecule has 1 fully saturated rings. The first-order chi connectivity index (χ1) is 20.4. The van der Waals surface area contributed by atoms with E-state index in [4.69, 9.17) is 9.47 Å². The number of hydrogen-bond acceptors (Lipinski definition) is 6. The zero-order valence-electron chi connectivity index (χ0n) is 24.3. The summed E-state index contributed by atoms with van der Waals surface area (Å²) in [4.78, 5) is 33.5. The van der Waals surface area contributed by atoms with Crippen molar-refractivity contribution in [2.75, 3.05) is 36.4 Å². The lowest BCUT2D eigenvalue weighted by Crippen LogP contribution is -2.50. The van der Waals surface area contributed by atoms with Crippen LogP contribution in [0.4, 0.5) is 29.3 Å². The van der Waals surface area contributed by atoms with Crippen LogP contribution in [0.1, 0.15) is 42.5 Å². The van der Waals surface area contributed by atoms with E-state index in [2.05, 4.69) is 10.3 Å². The van der Waals surface area contributed by atoms with Gasteiger partial charge in [0.2, 0.25) is 0 Å². The standard InChI is InChI=1S/C31H32F3N5O4/c1-19-27(39-12-6-9-26(28(39)35-19)42-18-21-22(32)7-5-8-23(21)33)29(40)36-20-10-11-25(24(34)17-20)37-13-15-38(16-14-37)30(41)43-31(2,3)4/h5-12,17H,13-16,18H2,1-4H3,(H,36,40). The number of aromatic nitrogens is 2. The second kappa shape index (κ2) is 11.9. The van der Waals surface area contributed by atoms with Gasteiger partial charge < -0.3 is 24.6 Å². The average molecular weight is 596 g/mol. The van der Waals surface area contributed by atoms with Crippen LogP contribution in [0.5, 0.6) is 5.75 Å². The van der Waals surface area contributed by atoms with Crippen LogP contribution in [0, 0.1) is 24.4 Å². The monoisotopic (exact) mass is 595 g/mol. The van der Waals surface area contributed by atoms with Gasteiger partial charge in [-0.05, 0) is 70.2 Å². The number of ether oxygens (including phenoxy) is 2. The topological polar surface area (TPSA) is 88.4 Å². The largest absolute Gasteiger partial charge is 0.485 e. The predicted molar refractivity (Wildman–Crippen MR) is 155 cm³/mol. The molecule has 2 aromatic heterocycles. The minimum Gasteiger partial charge on any atom is -0.485 e. The van der Waals surface area contributed by atoms with Crippen LogP contribution in [0.3, 0.4) is 0 Å². The van der Waals surface area contributed by atoms with E-state index in [-0.39, 0.29) is 34.9 Å². The number of pyridine rings is 1. The Balaban J connectivity index is 1.27. The van der Waals surface area contributed by atoms with Crippen LogP contribution >= 0.6 is 0 Å². The number of nitrogens with zero attached hydrogens (tertiary/aromatic N) is 4. The molecule has 0 aliphatic carbocycles. The predicted octanol–water partition coefficient (Wildman–Crippen LogP) is 5.95. The fraction of sp³-hybridized carbons (Fsp3) is 0.323. The van der Waals surface area contributed by atoms with Gasteiger partial charge in [0.15, 0.2) is 11.4 Å². The number of carbonyl (C=O) groups is 2. The van der Waals surface area contributed by atoms with Gasteiger partial charge in [-0.25, -0.2) is 22.9 Å². The van der Waals surface area contributed by atoms with Gasteiger partial charge >= 0.3 is 6.09 Å². The number of fused-ring (bicyclic) bond motifs is 1. The quantitative estimate of drug-likeness (QED) is 0.297. The molecule has 2 amide bonds. The normalized spacial score (nSPS) is 13.7. The number of rotatable bonds is 6. The van der Waals surface area contributed by atoms with E-state index in [9.17, 15) is 18.4 Å². The molecular weight excluding hydrogens is 563 g/mol. The third-order valence-corrected chi connectivity index (χ3v) is 6.91. The first-order valence-electron chi connectivity index (χ1n) is 13.8. The summed E-state index contributed by atoms with van der Waals surface area (Å²) in [6.45, 7) is 8.32. The van der Waals surface area contributed by atoms with Gasteiger partial charge in [-0.15, -0.1) is 0 Å². The second-order valence-electron chi connectivity index (χ2n) is 11.2. The highest BCUT2D eigenvalue weighted by atomic mass is 19.1. The summed E-state index contributed by atoms with van der Waals surface area (Å²) in [6, 6.07) is 11.2. The van der Waals surface area contributed by atoms with Crippen molar-refractivity contribution in [3.63, 3.8) is 0 Å². The summed E-state index contributed by atoms with van der Waals surface area (Å²) in [5.74, 6) is -2.27. The minimum absolute atomic E-state index is 0.195. The lowest BCUT2D eigenvalue weighted by atomic mass is 10.2. The van der Waals surface area contributed by atoms with Crippen molar-refractivity contribution in [1.29, 1.82) is 0 Å². The Morgan fingerprint density at radius 2 is 1.65 bits per heavy atom. The number of halogens is 3. The number of imidazole rings is 1. The van der Waals surface area contributed by atoms with E-state index in [1.54, 1.807) is 63.1 Å².